The molecular weight excluding hydrogens is 366 g/mol. The van der Waals surface area contributed by atoms with E-state index in [0.29, 0.717) is 16.7 Å². The van der Waals surface area contributed by atoms with Gasteiger partial charge in [-0.05, 0) is 61.4 Å². The fraction of sp³-hybridized carbons (Fsp3) is 0.348. The van der Waals surface area contributed by atoms with Gasteiger partial charge in [0.25, 0.3) is 5.56 Å². The first-order chi connectivity index (χ1) is 14.1. The number of ether oxygens (including phenoxy) is 1. The van der Waals surface area contributed by atoms with Gasteiger partial charge in [-0.25, -0.2) is 4.68 Å². The van der Waals surface area contributed by atoms with Crippen LogP contribution >= 0.6 is 0 Å². The largest absolute Gasteiger partial charge is 0.480 e. The van der Waals surface area contributed by atoms with Crippen molar-refractivity contribution in [1.29, 1.82) is 0 Å². The van der Waals surface area contributed by atoms with Crippen molar-refractivity contribution >= 4 is 16.7 Å². The molecule has 1 aromatic heterocycles. The molecule has 0 aliphatic heterocycles. The lowest BCUT2D eigenvalue weighted by molar-refractivity contribution is -0.122. The van der Waals surface area contributed by atoms with Gasteiger partial charge in [0, 0.05) is 0 Å². The van der Waals surface area contributed by atoms with Gasteiger partial charge in [0.1, 0.15) is 6.54 Å². The summed E-state index contributed by atoms with van der Waals surface area (Å²) in [4.78, 5) is 25.3. The maximum atomic E-state index is 12.7. The lowest BCUT2D eigenvalue weighted by atomic mass is 9.89. The molecule has 4 rings (SSSR count). The Morgan fingerprint density at radius 1 is 1.14 bits per heavy atom. The second kappa shape index (κ2) is 8.07. The maximum Gasteiger partial charge on any atom is 0.275 e. The Morgan fingerprint density at radius 2 is 1.86 bits per heavy atom. The zero-order valence-corrected chi connectivity index (χ0v) is 16.8. The molecule has 150 valence electrons. The number of aryl methyl sites for hydroxylation is 2. The minimum absolute atomic E-state index is 0.146. The van der Waals surface area contributed by atoms with Gasteiger partial charge in [-0.15, -0.1) is 5.10 Å². The lowest BCUT2D eigenvalue weighted by Gasteiger charge is -2.20. The minimum atomic E-state index is -0.307. The zero-order chi connectivity index (χ0) is 20.4. The Bertz CT molecular complexity index is 1120. The van der Waals surface area contributed by atoms with E-state index in [9.17, 15) is 9.59 Å². The molecule has 6 nitrogen and oxygen atoms in total. The molecule has 1 amide bonds. The fourth-order valence-electron chi connectivity index (χ4n) is 3.99. The summed E-state index contributed by atoms with van der Waals surface area (Å²) in [6.07, 6.45) is 4.69. The third-order valence-electron chi connectivity index (χ3n) is 5.57. The molecule has 1 unspecified atom stereocenters. The van der Waals surface area contributed by atoms with E-state index in [1.165, 1.54) is 31.1 Å². The first-order valence-electron chi connectivity index (χ1n) is 10.0. The number of fused-ring (bicyclic) bond motifs is 2. The Balaban J connectivity index is 1.53. The van der Waals surface area contributed by atoms with Crippen molar-refractivity contribution in [3.63, 3.8) is 0 Å². The average Bonchev–Trinajstić information content (AvgIpc) is 2.75. The molecule has 0 saturated heterocycles. The van der Waals surface area contributed by atoms with Crippen molar-refractivity contribution in [2.75, 3.05) is 7.11 Å². The summed E-state index contributed by atoms with van der Waals surface area (Å²) >= 11 is 0. The third kappa shape index (κ3) is 3.88. The Hall–Kier alpha value is -3.15. The normalized spacial score (nSPS) is 14.3. The molecule has 29 heavy (non-hydrogen) atoms. The predicted molar refractivity (Wildman–Crippen MR) is 112 cm³/mol. The molecule has 1 heterocycles. The van der Waals surface area contributed by atoms with Crippen molar-refractivity contribution in [3.05, 3.63) is 69.5 Å². The van der Waals surface area contributed by atoms with Gasteiger partial charge >= 0.3 is 0 Å². The van der Waals surface area contributed by atoms with Crippen molar-refractivity contribution in [3.8, 4) is 5.88 Å². The highest BCUT2D eigenvalue weighted by Gasteiger charge is 2.16. The number of hydrogen-bond donors (Lipinski definition) is 1. The van der Waals surface area contributed by atoms with Crippen LogP contribution < -0.4 is 15.6 Å². The smallest absolute Gasteiger partial charge is 0.275 e. The Morgan fingerprint density at radius 3 is 2.62 bits per heavy atom. The lowest BCUT2D eigenvalue weighted by Crippen LogP contribution is -2.35. The van der Waals surface area contributed by atoms with Crippen LogP contribution in [0.3, 0.4) is 0 Å². The van der Waals surface area contributed by atoms with Crippen molar-refractivity contribution in [2.24, 2.45) is 0 Å². The second-order valence-electron chi connectivity index (χ2n) is 7.54. The molecule has 0 saturated carbocycles. The molecule has 1 atom stereocenters. The number of benzene rings is 2. The molecule has 0 fully saturated rings. The molecule has 1 N–H and O–H groups in total. The van der Waals surface area contributed by atoms with E-state index in [1.807, 2.05) is 13.0 Å². The van der Waals surface area contributed by atoms with Crippen LogP contribution in [0.1, 0.15) is 42.5 Å². The number of methoxy groups -OCH3 is 1. The summed E-state index contributed by atoms with van der Waals surface area (Å²) in [7, 11) is 1.50. The molecule has 0 radical (unpaired) electrons. The number of carbonyl (C=O) groups is 1. The highest BCUT2D eigenvalue weighted by atomic mass is 16.5. The second-order valence-corrected chi connectivity index (χ2v) is 7.54. The Labute approximate surface area is 169 Å². The van der Waals surface area contributed by atoms with Crippen LogP contribution in [-0.4, -0.2) is 22.8 Å². The first kappa shape index (κ1) is 19.2. The van der Waals surface area contributed by atoms with E-state index in [0.717, 1.165) is 23.1 Å². The van der Waals surface area contributed by atoms with Gasteiger partial charge in [0.05, 0.1) is 23.9 Å². The highest BCUT2D eigenvalue weighted by Crippen LogP contribution is 2.25. The van der Waals surface area contributed by atoms with E-state index in [4.69, 9.17) is 4.74 Å². The minimum Gasteiger partial charge on any atom is -0.480 e. The number of aromatic nitrogens is 2. The number of rotatable bonds is 5. The monoisotopic (exact) mass is 391 g/mol. The van der Waals surface area contributed by atoms with Crippen LogP contribution in [0.15, 0.2) is 47.3 Å². The standard InChI is InChI=1S/C23H25N3O3/c1-15(17-12-11-16-7-3-4-8-18(16)13-17)24-21(27)14-26-23(28)20-10-6-5-9-19(20)22(25-26)29-2/h5-6,9-13,15H,3-4,7-8,14H2,1-2H3,(H,24,27). The van der Waals surface area contributed by atoms with Crippen LogP contribution in [-0.2, 0) is 24.2 Å². The number of hydrogen-bond acceptors (Lipinski definition) is 4. The van der Waals surface area contributed by atoms with Gasteiger partial charge < -0.3 is 10.1 Å². The van der Waals surface area contributed by atoms with Crippen LogP contribution in [0.2, 0.25) is 0 Å². The maximum absolute atomic E-state index is 12.7. The molecule has 6 heteroatoms. The number of carbonyl (C=O) groups excluding carboxylic acids is 1. The molecule has 0 spiro atoms. The van der Waals surface area contributed by atoms with Crippen molar-refractivity contribution in [2.45, 2.75) is 45.2 Å². The van der Waals surface area contributed by atoms with E-state index in [-0.39, 0.29) is 24.1 Å². The molecule has 1 aliphatic carbocycles. The fourth-order valence-corrected chi connectivity index (χ4v) is 3.99. The summed E-state index contributed by atoms with van der Waals surface area (Å²) in [6, 6.07) is 13.4. The summed E-state index contributed by atoms with van der Waals surface area (Å²) in [5, 5.41) is 8.32. The number of nitrogens with one attached hydrogen (secondary N) is 1. The van der Waals surface area contributed by atoms with Crippen molar-refractivity contribution in [1.82, 2.24) is 15.1 Å². The topological polar surface area (TPSA) is 73.2 Å². The van der Waals surface area contributed by atoms with E-state index in [1.54, 1.807) is 18.2 Å². The third-order valence-corrected chi connectivity index (χ3v) is 5.57. The van der Waals surface area contributed by atoms with Gasteiger partial charge in [0.2, 0.25) is 11.8 Å². The molecule has 0 bridgehead atoms. The zero-order valence-electron chi connectivity index (χ0n) is 16.8. The summed E-state index contributed by atoms with van der Waals surface area (Å²) in [6.45, 7) is 1.80. The molecule has 1 aliphatic rings. The predicted octanol–water partition coefficient (Wildman–Crippen LogP) is 3.16. The average molecular weight is 391 g/mol. The quantitative estimate of drug-likeness (QED) is 0.725. The van der Waals surface area contributed by atoms with Crippen LogP contribution in [0.5, 0.6) is 5.88 Å². The number of amides is 1. The van der Waals surface area contributed by atoms with Gasteiger partial charge in [-0.3, -0.25) is 9.59 Å². The molecule has 2 aromatic carbocycles. The molecule has 3 aromatic rings. The van der Waals surface area contributed by atoms with Gasteiger partial charge in [-0.2, -0.15) is 0 Å². The summed E-state index contributed by atoms with van der Waals surface area (Å²) in [5.41, 5.74) is 3.57. The van der Waals surface area contributed by atoms with Crippen molar-refractivity contribution < 1.29 is 9.53 Å². The first-order valence-corrected chi connectivity index (χ1v) is 10.0. The Kier molecular flexibility index (Phi) is 5.34. The SMILES string of the molecule is COc1nn(CC(=O)NC(C)c2ccc3c(c2)CCCC3)c(=O)c2ccccc12. The highest BCUT2D eigenvalue weighted by molar-refractivity contribution is 5.86. The van der Waals surface area contributed by atoms with Gasteiger partial charge in [0.15, 0.2) is 0 Å². The van der Waals surface area contributed by atoms with Crippen LogP contribution in [0.25, 0.3) is 10.8 Å². The molecular formula is C23H25N3O3. The van der Waals surface area contributed by atoms with Gasteiger partial charge in [-0.1, -0.05) is 30.3 Å². The van der Waals surface area contributed by atoms with Crippen LogP contribution in [0.4, 0.5) is 0 Å². The van der Waals surface area contributed by atoms with Crippen LogP contribution in [0, 0.1) is 0 Å². The van der Waals surface area contributed by atoms with E-state index < -0.39 is 0 Å². The number of nitrogens with zero attached hydrogens (tertiary/aromatic N) is 2. The summed E-state index contributed by atoms with van der Waals surface area (Å²) < 4.78 is 6.47. The van der Waals surface area contributed by atoms with E-state index in [2.05, 4.69) is 28.6 Å². The van der Waals surface area contributed by atoms with E-state index >= 15 is 0 Å². The summed E-state index contributed by atoms with van der Waals surface area (Å²) in [5.74, 6) is 0.0675.